The molecule has 14 rings (SSSR count). The molecule has 3 heterocycles. The average molecular weight is 840 g/mol. The third kappa shape index (κ3) is 5.50. The second kappa shape index (κ2) is 14.3. The van der Waals surface area contributed by atoms with Crippen LogP contribution in [0.5, 0.6) is 0 Å². The van der Waals surface area contributed by atoms with Crippen molar-refractivity contribution in [1.29, 1.82) is 0 Å². The fraction of sp³-hybridized carbons (Fsp3) is 0. The molecule has 3 aromatic heterocycles. The van der Waals surface area contributed by atoms with Crippen molar-refractivity contribution in [3.63, 3.8) is 0 Å². The van der Waals surface area contributed by atoms with Crippen molar-refractivity contribution in [2.75, 3.05) is 0 Å². The van der Waals surface area contributed by atoms with Gasteiger partial charge < -0.3 is 9.13 Å². The number of hydrogen-bond acceptors (Lipinski definition) is 3. The molecule has 0 fully saturated rings. The van der Waals surface area contributed by atoms with Gasteiger partial charge in [0.2, 0.25) is 0 Å². The van der Waals surface area contributed by atoms with Crippen LogP contribution in [-0.2, 0) is 0 Å². The first kappa shape index (κ1) is 36.5. The van der Waals surface area contributed by atoms with E-state index in [4.69, 9.17) is 15.0 Å². The van der Waals surface area contributed by atoms with Crippen LogP contribution in [-0.4, -0.2) is 24.1 Å². The predicted octanol–water partition coefficient (Wildman–Crippen LogP) is 15.7. The van der Waals surface area contributed by atoms with Gasteiger partial charge >= 0.3 is 0 Å². The molecule has 66 heavy (non-hydrogen) atoms. The molecule has 0 saturated heterocycles. The molecule has 0 bridgehead atoms. The fourth-order valence-corrected chi connectivity index (χ4v) is 10.5. The van der Waals surface area contributed by atoms with Gasteiger partial charge in [0.1, 0.15) is 0 Å². The molecule has 0 N–H and O–H groups in total. The minimum atomic E-state index is 0.613. The zero-order valence-corrected chi connectivity index (χ0v) is 35.6. The molecule has 0 radical (unpaired) electrons. The molecule has 0 spiro atoms. The van der Waals surface area contributed by atoms with Crippen LogP contribution in [0.15, 0.2) is 224 Å². The lowest BCUT2D eigenvalue weighted by Gasteiger charge is -2.16. The summed E-state index contributed by atoms with van der Waals surface area (Å²) in [5.74, 6) is 1.88. The van der Waals surface area contributed by atoms with Crippen LogP contribution in [0.2, 0.25) is 0 Å². The van der Waals surface area contributed by atoms with Crippen molar-refractivity contribution >= 4 is 86.7 Å². The fourth-order valence-electron chi connectivity index (χ4n) is 10.5. The Morgan fingerprint density at radius 3 is 1.71 bits per heavy atom. The van der Waals surface area contributed by atoms with E-state index in [1.54, 1.807) is 0 Å². The Bertz CT molecular complexity index is 4290. The largest absolute Gasteiger partial charge is 0.309 e. The standard InChI is InChI=1S/C61H37N5/c1-2-17-39(18-3-1)59-62-60(64-61(63-59)52-35-41-19-5-6-20-44(41)46-22-8-9-23-47(46)52)50-26-12-15-29-55(50)66-53-27-13-10-24-48(53)51-36-42-34-43(32-30-40(42)37-57(51)66)65-54-28-14-11-25-49(54)58-45-21-7-4-16-38(45)31-33-56(58)65/h1-37H. The highest BCUT2D eigenvalue weighted by Crippen LogP contribution is 2.41. The Labute approximate surface area is 379 Å². The first-order valence-corrected chi connectivity index (χ1v) is 22.4. The van der Waals surface area contributed by atoms with Crippen LogP contribution in [0.1, 0.15) is 0 Å². The summed E-state index contributed by atoms with van der Waals surface area (Å²) in [7, 11) is 0. The van der Waals surface area contributed by atoms with Crippen molar-refractivity contribution in [1.82, 2.24) is 24.1 Å². The molecule has 5 heteroatoms. The summed E-state index contributed by atoms with van der Waals surface area (Å²) >= 11 is 0. The molecule has 14 aromatic rings. The van der Waals surface area contributed by atoms with Gasteiger partial charge in [0, 0.05) is 43.9 Å². The smallest absolute Gasteiger partial charge is 0.166 e. The molecule has 0 saturated carbocycles. The third-order valence-corrected chi connectivity index (χ3v) is 13.5. The Balaban J connectivity index is 0.982. The van der Waals surface area contributed by atoms with E-state index < -0.39 is 0 Å². The number of hydrogen-bond donors (Lipinski definition) is 0. The Kier molecular flexibility index (Phi) is 7.91. The zero-order valence-electron chi connectivity index (χ0n) is 35.6. The zero-order chi connectivity index (χ0) is 43.3. The monoisotopic (exact) mass is 839 g/mol. The van der Waals surface area contributed by atoms with E-state index in [9.17, 15) is 0 Å². The third-order valence-electron chi connectivity index (χ3n) is 13.5. The molecule has 306 valence electrons. The maximum atomic E-state index is 5.39. The van der Waals surface area contributed by atoms with Gasteiger partial charge in [0.05, 0.1) is 27.8 Å². The normalized spacial score (nSPS) is 11.9. The summed E-state index contributed by atoms with van der Waals surface area (Å²) < 4.78 is 4.82. The first-order chi connectivity index (χ1) is 32.7. The van der Waals surface area contributed by atoms with Crippen LogP contribution in [0.3, 0.4) is 0 Å². The highest BCUT2D eigenvalue weighted by molar-refractivity contribution is 6.22. The molecular formula is C61H37N5. The molecule has 0 aliphatic heterocycles. The molecule has 11 aromatic carbocycles. The molecule has 5 nitrogen and oxygen atoms in total. The summed E-state index contributed by atoms with van der Waals surface area (Å²) in [5, 5.41) is 14.4. The second-order valence-electron chi connectivity index (χ2n) is 17.2. The number of para-hydroxylation sites is 3. The quantitative estimate of drug-likeness (QED) is 0.162. The number of benzene rings is 11. The van der Waals surface area contributed by atoms with Crippen molar-refractivity contribution in [2.24, 2.45) is 0 Å². The molecule has 0 aliphatic carbocycles. The Morgan fingerprint density at radius 2 is 0.879 bits per heavy atom. The Hall–Kier alpha value is -8.93. The summed E-state index contributed by atoms with van der Waals surface area (Å²) in [6, 6.07) is 80.4. The lowest BCUT2D eigenvalue weighted by Crippen LogP contribution is -2.04. The molecule has 0 unspecified atom stereocenters. The van der Waals surface area contributed by atoms with Crippen molar-refractivity contribution < 1.29 is 0 Å². The van der Waals surface area contributed by atoms with E-state index in [0.717, 1.165) is 55.3 Å². The SMILES string of the molecule is c1ccc(-c2nc(-c3ccccc3-n3c4ccccc4c4cc5cc(-n6c7ccccc7c7c8ccccc8ccc76)ccc5cc43)nc(-c3cc4ccccc4c4ccccc34)n2)cc1. The summed E-state index contributed by atoms with van der Waals surface area (Å²) in [6.07, 6.45) is 0. The van der Waals surface area contributed by atoms with Crippen molar-refractivity contribution in [2.45, 2.75) is 0 Å². The Morgan fingerprint density at radius 1 is 0.273 bits per heavy atom. The van der Waals surface area contributed by atoms with E-state index in [-0.39, 0.29) is 0 Å². The summed E-state index contributed by atoms with van der Waals surface area (Å²) in [4.78, 5) is 15.9. The predicted molar refractivity (Wildman–Crippen MR) is 275 cm³/mol. The lowest BCUT2D eigenvalue weighted by atomic mass is 9.97. The maximum Gasteiger partial charge on any atom is 0.166 e. The van der Waals surface area contributed by atoms with Gasteiger partial charge in [-0.1, -0.05) is 164 Å². The van der Waals surface area contributed by atoms with Gasteiger partial charge in [-0.05, 0) is 104 Å². The average Bonchev–Trinajstić information content (AvgIpc) is 3.90. The maximum absolute atomic E-state index is 5.39. The second-order valence-corrected chi connectivity index (χ2v) is 17.2. The summed E-state index contributed by atoms with van der Waals surface area (Å²) in [5.41, 5.74) is 9.58. The van der Waals surface area contributed by atoms with E-state index in [0.29, 0.717) is 17.5 Å². The molecular weight excluding hydrogens is 803 g/mol. The van der Waals surface area contributed by atoms with Crippen LogP contribution >= 0.6 is 0 Å². The number of rotatable bonds is 5. The van der Waals surface area contributed by atoms with E-state index in [2.05, 4.69) is 215 Å². The van der Waals surface area contributed by atoms with Gasteiger partial charge in [-0.25, -0.2) is 15.0 Å². The molecule has 0 atom stereocenters. The highest BCUT2D eigenvalue weighted by atomic mass is 15.1. The van der Waals surface area contributed by atoms with Gasteiger partial charge in [0.25, 0.3) is 0 Å². The van der Waals surface area contributed by atoms with Gasteiger partial charge in [-0.3, -0.25) is 0 Å². The van der Waals surface area contributed by atoms with Crippen LogP contribution < -0.4 is 0 Å². The van der Waals surface area contributed by atoms with Gasteiger partial charge in [-0.2, -0.15) is 0 Å². The summed E-state index contributed by atoms with van der Waals surface area (Å²) in [6.45, 7) is 0. The van der Waals surface area contributed by atoms with Gasteiger partial charge in [-0.15, -0.1) is 0 Å². The molecule has 0 aliphatic rings. The highest BCUT2D eigenvalue weighted by Gasteiger charge is 2.22. The van der Waals surface area contributed by atoms with Gasteiger partial charge in [0.15, 0.2) is 17.5 Å². The first-order valence-electron chi connectivity index (χ1n) is 22.4. The van der Waals surface area contributed by atoms with Crippen LogP contribution in [0.4, 0.5) is 0 Å². The number of fused-ring (bicyclic) bond motifs is 12. The minimum Gasteiger partial charge on any atom is -0.309 e. The van der Waals surface area contributed by atoms with Crippen LogP contribution in [0.25, 0.3) is 132 Å². The molecule has 0 amide bonds. The van der Waals surface area contributed by atoms with E-state index in [1.165, 1.54) is 59.5 Å². The van der Waals surface area contributed by atoms with E-state index >= 15 is 0 Å². The number of nitrogens with zero attached hydrogens (tertiary/aromatic N) is 5. The van der Waals surface area contributed by atoms with E-state index in [1.807, 2.05) is 18.2 Å². The van der Waals surface area contributed by atoms with Crippen molar-refractivity contribution in [3.05, 3.63) is 224 Å². The van der Waals surface area contributed by atoms with Crippen LogP contribution in [0, 0.1) is 0 Å². The number of aromatic nitrogens is 5. The lowest BCUT2D eigenvalue weighted by molar-refractivity contribution is 1.07. The topological polar surface area (TPSA) is 48.5 Å². The van der Waals surface area contributed by atoms with Crippen molar-refractivity contribution in [3.8, 4) is 45.5 Å². The minimum absolute atomic E-state index is 0.613.